The van der Waals surface area contributed by atoms with E-state index in [9.17, 15) is 0 Å². The Hall–Kier alpha value is 1.75. The molecule has 0 fully saturated rings. The van der Waals surface area contributed by atoms with Gasteiger partial charge in [0.05, 0.1) is 6.61 Å². The molecule has 0 aromatic carbocycles. The van der Waals surface area contributed by atoms with Crippen LogP contribution >= 0.6 is 12.2 Å². The van der Waals surface area contributed by atoms with Crippen molar-refractivity contribution < 1.29 is 56.1 Å². The summed E-state index contributed by atoms with van der Waals surface area (Å²) in [6, 6.07) is 0. The molecule has 0 amide bonds. The normalized spacial score (nSPS) is 9.90. The first-order chi connectivity index (χ1) is 3.92. The van der Waals surface area contributed by atoms with Crippen molar-refractivity contribution in [2.24, 2.45) is 5.41 Å². The fraction of sp³-hybridized carbons (Fsp3) is 0.833. The van der Waals surface area contributed by atoms with Crippen LogP contribution in [0.2, 0.25) is 0 Å². The molecule has 0 radical (unpaired) electrons. The topological polar surface area (TPSA) is 9.23 Å². The molecule has 54 valence electrons. The van der Waals surface area contributed by atoms with Gasteiger partial charge in [-0.2, -0.15) is 0 Å². The van der Waals surface area contributed by atoms with E-state index < -0.39 is 0 Å². The van der Waals surface area contributed by atoms with Gasteiger partial charge < -0.3 is 29.6 Å². The average molecular weight is 202 g/mol. The second-order valence-corrected chi connectivity index (χ2v) is 4.10. The molecule has 0 N–H and O–H groups in total. The molecule has 0 unspecified atom stereocenters. The molecule has 0 saturated carbocycles. The van der Waals surface area contributed by atoms with E-state index in [0.29, 0.717) is 6.61 Å². The first kappa shape index (κ1) is 14.3. The van der Waals surface area contributed by atoms with Gasteiger partial charge in [-0.15, -0.1) is 0 Å². The summed E-state index contributed by atoms with van der Waals surface area (Å²) in [7, 11) is 0. The maximum absolute atomic E-state index is 4.95. The molecular weight excluding hydrogens is 191 g/mol. The summed E-state index contributed by atoms with van der Waals surface area (Å²) in [5, 5.41) is 0. The van der Waals surface area contributed by atoms with Crippen LogP contribution in [0.4, 0.5) is 0 Å². The summed E-state index contributed by atoms with van der Waals surface area (Å²) >= 11 is 9.11. The molecule has 0 aliphatic rings. The Balaban J connectivity index is 0. The van der Waals surface area contributed by atoms with Crippen LogP contribution in [-0.2, 0) is 17.4 Å². The van der Waals surface area contributed by atoms with Crippen molar-refractivity contribution in [3.63, 3.8) is 0 Å². The smallest absolute Gasteiger partial charge is 0.513 e. The SMILES string of the molecule is CC(C)(C)COC(=S)[S-].[K+]. The minimum Gasteiger partial charge on any atom is -0.513 e. The Morgan fingerprint density at radius 1 is 1.50 bits per heavy atom. The second-order valence-electron chi connectivity index (χ2n) is 3.10. The Labute approximate surface area is 116 Å². The van der Waals surface area contributed by atoms with Gasteiger partial charge in [0.2, 0.25) is 0 Å². The van der Waals surface area contributed by atoms with Crippen molar-refractivity contribution in [3.8, 4) is 0 Å². The van der Waals surface area contributed by atoms with Crippen LogP contribution in [0.1, 0.15) is 20.8 Å². The van der Waals surface area contributed by atoms with Crippen LogP contribution in [0, 0.1) is 5.41 Å². The zero-order valence-electron chi connectivity index (χ0n) is 6.93. The van der Waals surface area contributed by atoms with E-state index in [4.69, 9.17) is 4.74 Å². The maximum Gasteiger partial charge on any atom is 1.00 e. The van der Waals surface area contributed by atoms with Gasteiger partial charge in [0.25, 0.3) is 0 Å². The van der Waals surface area contributed by atoms with Gasteiger partial charge in [-0.3, -0.25) is 0 Å². The number of ether oxygens (including phenoxy) is 1. The van der Waals surface area contributed by atoms with E-state index >= 15 is 0 Å². The van der Waals surface area contributed by atoms with E-state index in [0.717, 1.165) is 0 Å². The summed E-state index contributed by atoms with van der Waals surface area (Å²) < 4.78 is 5.17. The van der Waals surface area contributed by atoms with Crippen molar-refractivity contribution >= 4 is 29.2 Å². The molecule has 0 aliphatic heterocycles. The van der Waals surface area contributed by atoms with Gasteiger partial charge in [-0.25, -0.2) is 0 Å². The van der Waals surface area contributed by atoms with Gasteiger partial charge in [0, 0.05) is 4.38 Å². The Kier molecular flexibility index (Phi) is 8.97. The number of thiocarbonyl (C=S) groups is 1. The van der Waals surface area contributed by atoms with E-state index in [2.05, 4.69) is 45.6 Å². The van der Waals surface area contributed by atoms with Crippen LogP contribution in [0.15, 0.2) is 0 Å². The molecule has 0 atom stereocenters. The summed E-state index contributed by atoms with van der Waals surface area (Å²) in [4.78, 5) is 0. The molecule has 0 rings (SSSR count). The molecule has 0 bridgehead atoms. The third-order valence-corrected chi connectivity index (χ3v) is 0.859. The van der Waals surface area contributed by atoms with Crippen molar-refractivity contribution in [2.75, 3.05) is 6.61 Å². The molecule has 0 aromatic rings. The quantitative estimate of drug-likeness (QED) is 0.303. The van der Waals surface area contributed by atoms with E-state index in [1.807, 2.05) is 0 Å². The van der Waals surface area contributed by atoms with Gasteiger partial charge in [-0.05, 0) is 5.41 Å². The average Bonchev–Trinajstić information content (AvgIpc) is 1.59. The van der Waals surface area contributed by atoms with Crippen molar-refractivity contribution in [3.05, 3.63) is 0 Å². The second kappa shape index (κ2) is 6.28. The molecule has 4 heteroatoms. The largest absolute Gasteiger partial charge is 1.00 e. The Morgan fingerprint density at radius 3 is 2.00 bits per heavy atom. The minimum absolute atomic E-state index is 0. The summed E-state index contributed by atoms with van der Waals surface area (Å²) in [5.74, 6) is 0. The molecule has 0 aliphatic carbocycles. The van der Waals surface area contributed by atoms with Crippen molar-refractivity contribution in [1.29, 1.82) is 0 Å². The Bertz CT molecular complexity index is 109. The molecule has 0 aromatic heterocycles. The van der Waals surface area contributed by atoms with Crippen molar-refractivity contribution in [1.82, 2.24) is 0 Å². The number of hydrogen-bond acceptors (Lipinski definition) is 3. The van der Waals surface area contributed by atoms with Crippen LogP contribution in [0.25, 0.3) is 0 Å². The van der Waals surface area contributed by atoms with Gasteiger partial charge in [-0.1, -0.05) is 20.8 Å². The molecule has 10 heavy (non-hydrogen) atoms. The first-order valence-corrected chi connectivity index (χ1v) is 3.57. The fourth-order valence-corrected chi connectivity index (χ4v) is 0.393. The number of hydrogen-bond donors (Lipinski definition) is 0. The van der Waals surface area contributed by atoms with Crippen molar-refractivity contribution in [2.45, 2.75) is 20.8 Å². The third kappa shape index (κ3) is 12.4. The molecule has 0 saturated heterocycles. The van der Waals surface area contributed by atoms with Crippen LogP contribution < -0.4 is 51.4 Å². The van der Waals surface area contributed by atoms with Gasteiger partial charge in [0.1, 0.15) is 0 Å². The standard InChI is InChI=1S/C6H12OS2.K/c1-6(2,3)4-7-5(8)9;/h4H2,1-3H3,(H,8,9);/q;+1/p-1. The third-order valence-electron chi connectivity index (χ3n) is 0.623. The van der Waals surface area contributed by atoms with Gasteiger partial charge in [0.15, 0.2) is 0 Å². The van der Waals surface area contributed by atoms with Crippen LogP contribution in [0.3, 0.4) is 0 Å². The van der Waals surface area contributed by atoms with Crippen LogP contribution in [0.5, 0.6) is 0 Å². The first-order valence-electron chi connectivity index (χ1n) is 2.75. The molecule has 1 nitrogen and oxygen atoms in total. The van der Waals surface area contributed by atoms with Crippen LogP contribution in [-0.4, -0.2) is 11.0 Å². The predicted octanol–water partition coefficient (Wildman–Crippen LogP) is -1.12. The minimum atomic E-state index is 0. The van der Waals surface area contributed by atoms with Gasteiger partial charge >= 0.3 is 51.4 Å². The fourth-order valence-electron chi connectivity index (χ4n) is 0.275. The zero-order chi connectivity index (χ0) is 7.49. The zero-order valence-corrected chi connectivity index (χ0v) is 11.7. The monoisotopic (exact) mass is 202 g/mol. The Morgan fingerprint density at radius 2 is 1.90 bits per heavy atom. The summed E-state index contributed by atoms with van der Waals surface area (Å²) in [5.41, 5.74) is 0.156. The molecular formula is C6H11KOS2. The number of rotatable bonds is 1. The molecule has 0 heterocycles. The maximum atomic E-state index is 4.95. The summed E-state index contributed by atoms with van der Waals surface area (Å²) in [6.07, 6.45) is 0. The van der Waals surface area contributed by atoms with E-state index in [1.54, 1.807) is 0 Å². The predicted molar refractivity (Wildman–Crippen MR) is 45.4 cm³/mol. The summed E-state index contributed by atoms with van der Waals surface area (Å²) in [6.45, 7) is 6.82. The van der Waals surface area contributed by atoms with E-state index in [-0.39, 0.29) is 61.2 Å². The molecule has 0 spiro atoms. The van der Waals surface area contributed by atoms with E-state index in [1.165, 1.54) is 0 Å².